The fraction of sp³-hybridized carbons (Fsp3) is 0.529. The second-order valence-electron chi connectivity index (χ2n) is 5.83. The number of nitrogens with zero attached hydrogens (tertiary/aromatic N) is 2. The smallest absolute Gasteiger partial charge is 0.317 e. The highest BCUT2D eigenvalue weighted by molar-refractivity contribution is 9.10. The molecule has 0 spiro atoms. The van der Waals surface area contributed by atoms with Crippen molar-refractivity contribution in [2.75, 3.05) is 33.3 Å². The van der Waals surface area contributed by atoms with Crippen molar-refractivity contribution >= 4 is 27.8 Å². The molecule has 1 aliphatic heterocycles. The number of carbonyl (C=O) groups excluding carboxylic acids is 1. The van der Waals surface area contributed by atoms with Gasteiger partial charge in [-0.2, -0.15) is 0 Å². The normalized spacial score (nSPS) is 15.6. The Kier molecular flexibility index (Phi) is 6.62. The highest BCUT2D eigenvalue weighted by atomic mass is 79.9. The van der Waals surface area contributed by atoms with E-state index in [9.17, 15) is 9.59 Å². The maximum absolute atomic E-state index is 12.7. The van der Waals surface area contributed by atoms with Crippen LogP contribution in [-0.4, -0.2) is 66.1 Å². The monoisotopic (exact) mass is 398 g/mol. The lowest BCUT2D eigenvalue weighted by Gasteiger charge is -2.37. The van der Waals surface area contributed by atoms with Crippen molar-refractivity contribution in [2.24, 2.45) is 0 Å². The number of carboxylic acid groups (broad SMARTS) is 1. The van der Waals surface area contributed by atoms with Gasteiger partial charge >= 0.3 is 5.97 Å². The summed E-state index contributed by atoms with van der Waals surface area (Å²) in [5.41, 5.74) is 0.589. The molecule has 1 aromatic carbocycles. The Hall–Kier alpha value is -1.60. The van der Waals surface area contributed by atoms with Crippen LogP contribution in [0.2, 0.25) is 0 Å². The Morgan fingerprint density at radius 1 is 1.38 bits per heavy atom. The van der Waals surface area contributed by atoms with Crippen LogP contribution >= 0.6 is 15.9 Å². The lowest BCUT2D eigenvalue weighted by Crippen LogP contribution is -2.48. The third-order valence-corrected chi connectivity index (χ3v) is 5.11. The van der Waals surface area contributed by atoms with E-state index in [4.69, 9.17) is 9.84 Å². The molecule has 6 nitrogen and oxygen atoms in total. The van der Waals surface area contributed by atoms with E-state index in [1.807, 2.05) is 22.8 Å². The standard InChI is InChI=1S/C17H23BrN2O4/c1-3-19(11-16(21)22)12-6-8-20(9-7-12)17(23)14-10-13(24-2)4-5-15(14)18/h4-5,10,12H,3,6-9,11H2,1-2H3,(H,21,22). The van der Waals surface area contributed by atoms with E-state index in [1.165, 1.54) is 0 Å². The summed E-state index contributed by atoms with van der Waals surface area (Å²) < 4.78 is 5.94. The van der Waals surface area contributed by atoms with Crippen LogP contribution in [0.25, 0.3) is 0 Å². The van der Waals surface area contributed by atoms with E-state index in [1.54, 1.807) is 19.2 Å². The van der Waals surface area contributed by atoms with Crippen molar-refractivity contribution < 1.29 is 19.4 Å². The number of carboxylic acids is 1. The summed E-state index contributed by atoms with van der Waals surface area (Å²) in [4.78, 5) is 27.5. The largest absolute Gasteiger partial charge is 0.497 e. The van der Waals surface area contributed by atoms with Crippen molar-refractivity contribution in [3.63, 3.8) is 0 Å². The van der Waals surface area contributed by atoms with E-state index >= 15 is 0 Å². The summed E-state index contributed by atoms with van der Waals surface area (Å²) in [6, 6.07) is 5.56. The van der Waals surface area contributed by atoms with Crippen molar-refractivity contribution in [1.29, 1.82) is 0 Å². The molecule has 0 saturated carbocycles. The Morgan fingerprint density at radius 3 is 2.58 bits per heavy atom. The van der Waals surface area contributed by atoms with Gasteiger partial charge in [0.1, 0.15) is 5.75 Å². The molecule has 0 aromatic heterocycles. The summed E-state index contributed by atoms with van der Waals surface area (Å²) in [6.07, 6.45) is 1.57. The van der Waals surface area contributed by atoms with E-state index < -0.39 is 5.97 Å². The van der Waals surface area contributed by atoms with Gasteiger partial charge in [-0.05, 0) is 53.5 Å². The molecule has 1 amide bonds. The summed E-state index contributed by atoms with van der Waals surface area (Å²) in [7, 11) is 1.57. The molecular weight excluding hydrogens is 376 g/mol. The summed E-state index contributed by atoms with van der Waals surface area (Å²) >= 11 is 3.42. The van der Waals surface area contributed by atoms with Crippen LogP contribution in [0.15, 0.2) is 22.7 Å². The summed E-state index contributed by atoms with van der Waals surface area (Å²) in [6.45, 7) is 3.98. The molecule has 1 aromatic rings. The molecule has 7 heteroatoms. The first-order valence-corrected chi connectivity index (χ1v) is 8.84. The third kappa shape index (κ3) is 4.48. The fourth-order valence-electron chi connectivity index (χ4n) is 3.07. The predicted octanol–water partition coefficient (Wildman–Crippen LogP) is 2.47. The number of methoxy groups -OCH3 is 1. The van der Waals surface area contributed by atoms with Gasteiger partial charge in [-0.15, -0.1) is 0 Å². The lowest BCUT2D eigenvalue weighted by atomic mass is 10.0. The SMILES string of the molecule is CCN(CC(=O)O)C1CCN(C(=O)c2cc(OC)ccc2Br)CC1. The minimum Gasteiger partial charge on any atom is -0.497 e. The van der Waals surface area contributed by atoms with E-state index in [2.05, 4.69) is 15.9 Å². The van der Waals surface area contributed by atoms with E-state index in [0.29, 0.717) is 30.9 Å². The quantitative estimate of drug-likeness (QED) is 0.796. The van der Waals surface area contributed by atoms with Crippen LogP contribution in [0, 0.1) is 0 Å². The maximum Gasteiger partial charge on any atom is 0.317 e. The molecule has 1 N–H and O–H groups in total. The summed E-state index contributed by atoms with van der Waals surface area (Å²) in [5, 5.41) is 8.99. The average molecular weight is 399 g/mol. The molecule has 0 bridgehead atoms. The van der Waals surface area contributed by atoms with Gasteiger partial charge in [0, 0.05) is 23.6 Å². The third-order valence-electron chi connectivity index (χ3n) is 4.42. The first kappa shape index (κ1) is 18.7. The summed E-state index contributed by atoms with van der Waals surface area (Å²) in [5.74, 6) is -0.189. The molecule has 1 aliphatic rings. The zero-order chi connectivity index (χ0) is 17.7. The predicted molar refractivity (Wildman–Crippen MR) is 94.5 cm³/mol. The van der Waals surface area contributed by atoms with Crippen molar-refractivity contribution in [3.05, 3.63) is 28.2 Å². The molecule has 0 unspecified atom stereocenters. The second kappa shape index (κ2) is 8.48. The average Bonchev–Trinajstić information content (AvgIpc) is 2.59. The molecule has 1 saturated heterocycles. The van der Waals surface area contributed by atoms with Gasteiger partial charge in [0.2, 0.25) is 0 Å². The highest BCUT2D eigenvalue weighted by Gasteiger charge is 2.28. The van der Waals surface area contributed by atoms with Crippen LogP contribution in [0.5, 0.6) is 5.75 Å². The molecule has 0 aliphatic carbocycles. The van der Waals surface area contributed by atoms with Gasteiger partial charge in [-0.25, -0.2) is 0 Å². The Bertz CT molecular complexity index is 600. The van der Waals surface area contributed by atoms with Gasteiger partial charge in [0.05, 0.1) is 19.2 Å². The number of rotatable bonds is 6. The molecule has 2 rings (SSSR count). The second-order valence-corrected chi connectivity index (χ2v) is 6.68. The minimum atomic E-state index is -0.810. The number of carbonyl (C=O) groups is 2. The first-order valence-electron chi connectivity index (χ1n) is 8.05. The Morgan fingerprint density at radius 2 is 2.04 bits per heavy atom. The van der Waals surface area contributed by atoms with Gasteiger partial charge in [-0.1, -0.05) is 6.92 Å². The molecule has 132 valence electrons. The molecule has 24 heavy (non-hydrogen) atoms. The number of aliphatic carboxylic acids is 1. The number of ether oxygens (including phenoxy) is 1. The fourth-order valence-corrected chi connectivity index (χ4v) is 3.49. The van der Waals surface area contributed by atoms with Gasteiger partial charge < -0.3 is 14.7 Å². The van der Waals surface area contributed by atoms with Crippen LogP contribution < -0.4 is 4.74 Å². The van der Waals surface area contributed by atoms with Gasteiger partial charge in [0.25, 0.3) is 5.91 Å². The lowest BCUT2D eigenvalue weighted by molar-refractivity contribution is -0.139. The van der Waals surface area contributed by atoms with Crippen molar-refractivity contribution in [3.8, 4) is 5.75 Å². The van der Waals surface area contributed by atoms with Crippen molar-refractivity contribution in [2.45, 2.75) is 25.8 Å². The molecule has 1 heterocycles. The maximum atomic E-state index is 12.7. The number of hydrogen-bond acceptors (Lipinski definition) is 4. The van der Waals surface area contributed by atoms with Gasteiger partial charge in [0.15, 0.2) is 0 Å². The number of benzene rings is 1. The van der Waals surface area contributed by atoms with Crippen molar-refractivity contribution in [1.82, 2.24) is 9.80 Å². The Labute approximate surface area is 150 Å². The van der Waals surface area contributed by atoms with E-state index in [-0.39, 0.29) is 18.5 Å². The van der Waals surface area contributed by atoms with Crippen LogP contribution in [-0.2, 0) is 4.79 Å². The topological polar surface area (TPSA) is 70.1 Å². The molecule has 0 atom stereocenters. The zero-order valence-corrected chi connectivity index (χ0v) is 15.6. The van der Waals surface area contributed by atoms with E-state index in [0.717, 1.165) is 17.3 Å². The van der Waals surface area contributed by atoms with Crippen LogP contribution in [0.3, 0.4) is 0 Å². The number of likely N-dealkylation sites (tertiary alicyclic amines) is 1. The number of likely N-dealkylation sites (N-methyl/N-ethyl adjacent to an activating group) is 1. The molecule has 1 fully saturated rings. The molecule has 0 radical (unpaired) electrons. The minimum absolute atomic E-state index is 0.0273. The van der Waals surface area contributed by atoms with Gasteiger partial charge in [-0.3, -0.25) is 14.5 Å². The Balaban J connectivity index is 2.01. The number of piperidine rings is 1. The number of halogens is 1. The molecular formula is C17H23BrN2O4. The van der Waals surface area contributed by atoms with Crippen LogP contribution in [0.4, 0.5) is 0 Å². The van der Waals surface area contributed by atoms with Crippen LogP contribution in [0.1, 0.15) is 30.1 Å². The zero-order valence-electron chi connectivity index (χ0n) is 14.0. The number of hydrogen-bond donors (Lipinski definition) is 1. The first-order chi connectivity index (χ1) is 11.5. The highest BCUT2D eigenvalue weighted by Crippen LogP contribution is 2.25. The number of amides is 1.